The number of aromatic nitrogens is 2. The number of para-hydroxylation sites is 2. The van der Waals surface area contributed by atoms with Crippen LogP contribution in [0.2, 0.25) is 0 Å². The molecule has 3 aromatic carbocycles. The maximum atomic E-state index is 13.0. The van der Waals surface area contributed by atoms with Gasteiger partial charge in [-0.05, 0) is 37.5 Å². The Morgan fingerprint density at radius 3 is 2.47 bits per heavy atom. The number of benzene rings is 3. The summed E-state index contributed by atoms with van der Waals surface area (Å²) in [5.41, 5.74) is 5.14. The lowest BCUT2D eigenvalue weighted by atomic mass is 9.96. The minimum Gasteiger partial charge on any atom is -0.371 e. The van der Waals surface area contributed by atoms with Crippen LogP contribution >= 0.6 is 0 Å². The number of fused-ring (bicyclic) bond motifs is 9. The Kier molecular flexibility index (Phi) is 2.88. The summed E-state index contributed by atoms with van der Waals surface area (Å²) in [6.07, 6.45) is 1.53. The highest BCUT2D eigenvalue weighted by Gasteiger charge is 2.36. The molecule has 0 saturated heterocycles. The van der Waals surface area contributed by atoms with Crippen molar-refractivity contribution in [2.75, 3.05) is 0 Å². The smallest absolute Gasteiger partial charge is 0.252 e. The van der Waals surface area contributed by atoms with Gasteiger partial charge in [-0.15, -0.1) is 0 Å². The summed E-state index contributed by atoms with van der Waals surface area (Å²) in [5, 5.41) is 19.0. The van der Waals surface area contributed by atoms with Gasteiger partial charge in [0.25, 0.3) is 5.91 Å². The van der Waals surface area contributed by atoms with E-state index in [1.165, 1.54) is 0 Å². The van der Waals surface area contributed by atoms with E-state index in [1.807, 2.05) is 25.1 Å². The van der Waals surface area contributed by atoms with Gasteiger partial charge in [0.2, 0.25) is 0 Å². The summed E-state index contributed by atoms with van der Waals surface area (Å²) in [4.78, 5) is 13.0. The fourth-order valence-corrected chi connectivity index (χ4v) is 5.95. The molecule has 2 N–H and O–H groups in total. The summed E-state index contributed by atoms with van der Waals surface area (Å²) >= 11 is 0. The van der Waals surface area contributed by atoms with Crippen molar-refractivity contribution in [3.63, 3.8) is 0 Å². The van der Waals surface area contributed by atoms with E-state index in [1.54, 1.807) is 0 Å². The standard InChI is InChI=1S/C25H21N3O2/c1-25(30)11-6-12-27-17-9-4-2-7-14(17)20-21-16(13-26-24(21)29)19-15-8-3-5-10-18(15)28(25)23(19)22(20)27/h2-5,7-10,30H,6,11-13H2,1H3,(H,26,29). The molecule has 30 heavy (non-hydrogen) atoms. The van der Waals surface area contributed by atoms with Crippen LogP contribution in [0, 0.1) is 0 Å². The Bertz CT molecular complexity index is 1570. The lowest BCUT2D eigenvalue weighted by Gasteiger charge is -2.30. The second-order valence-electron chi connectivity index (χ2n) is 8.83. The first-order chi connectivity index (χ1) is 14.6. The number of hydrogen-bond donors (Lipinski definition) is 2. The predicted molar refractivity (Wildman–Crippen MR) is 119 cm³/mol. The van der Waals surface area contributed by atoms with Crippen molar-refractivity contribution in [3.8, 4) is 0 Å². The fraction of sp³-hybridized carbons (Fsp3) is 0.240. The zero-order valence-corrected chi connectivity index (χ0v) is 16.7. The van der Waals surface area contributed by atoms with E-state index in [9.17, 15) is 9.90 Å². The highest BCUT2D eigenvalue weighted by Crippen LogP contribution is 2.47. The van der Waals surface area contributed by atoms with E-state index in [0.717, 1.165) is 67.7 Å². The van der Waals surface area contributed by atoms with Gasteiger partial charge < -0.3 is 19.6 Å². The maximum Gasteiger partial charge on any atom is 0.252 e. The van der Waals surface area contributed by atoms with E-state index >= 15 is 0 Å². The molecular weight excluding hydrogens is 374 g/mol. The number of aryl methyl sites for hydroxylation is 1. The van der Waals surface area contributed by atoms with E-state index in [2.05, 4.69) is 44.8 Å². The number of nitrogens with zero attached hydrogens (tertiary/aromatic N) is 2. The first-order valence-corrected chi connectivity index (χ1v) is 10.6. The van der Waals surface area contributed by atoms with Gasteiger partial charge in [0.15, 0.2) is 0 Å². The molecule has 2 aliphatic rings. The number of carbonyl (C=O) groups excluding carboxylic acids is 1. The molecule has 5 heteroatoms. The number of hydrogen-bond acceptors (Lipinski definition) is 2. The van der Waals surface area contributed by atoms with Crippen LogP contribution < -0.4 is 5.32 Å². The monoisotopic (exact) mass is 395 g/mol. The van der Waals surface area contributed by atoms with E-state index in [0.29, 0.717) is 13.0 Å². The molecule has 4 heterocycles. The third-order valence-electron chi connectivity index (χ3n) is 7.09. The molecule has 1 atom stereocenters. The Labute approximate surface area is 172 Å². The van der Waals surface area contributed by atoms with Crippen LogP contribution in [0.5, 0.6) is 0 Å². The molecule has 5 nitrogen and oxygen atoms in total. The van der Waals surface area contributed by atoms with Gasteiger partial charge in [0.05, 0.1) is 22.1 Å². The van der Waals surface area contributed by atoms with E-state index in [4.69, 9.17) is 0 Å². The number of amides is 1. The number of aliphatic hydroxyl groups is 1. The molecule has 5 aromatic rings. The number of carbonyl (C=O) groups is 1. The molecule has 1 unspecified atom stereocenters. The second-order valence-corrected chi connectivity index (χ2v) is 8.83. The Morgan fingerprint density at radius 2 is 1.67 bits per heavy atom. The Morgan fingerprint density at radius 1 is 0.967 bits per heavy atom. The van der Waals surface area contributed by atoms with E-state index in [-0.39, 0.29) is 5.91 Å². The average Bonchev–Trinajstić information content (AvgIpc) is 3.37. The maximum absolute atomic E-state index is 13.0. The van der Waals surface area contributed by atoms with Gasteiger partial charge in [-0.2, -0.15) is 0 Å². The minimum absolute atomic E-state index is 0.000420. The van der Waals surface area contributed by atoms with Crippen molar-refractivity contribution >= 4 is 49.5 Å². The van der Waals surface area contributed by atoms with Gasteiger partial charge in [-0.1, -0.05) is 36.4 Å². The van der Waals surface area contributed by atoms with Crippen LogP contribution in [0.25, 0.3) is 43.6 Å². The summed E-state index contributed by atoms with van der Waals surface area (Å²) in [6, 6.07) is 16.6. The van der Waals surface area contributed by atoms with Crippen LogP contribution in [0.3, 0.4) is 0 Å². The van der Waals surface area contributed by atoms with Crippen molar-refractivity contribution in [2.24, 2.45) is 0 Å². The molecule has 0 radical (unpaired) electrons. The van der Waals surface area contributed by atoms with Crippen LogP contribution in [0.4, 0.5) is 0 Å². The molecule has 7 rings (SSSR count). The van der Waals surface area contributed by atoms with Gasteiger partial charge in [0, 0.05) is 40.2 Å². The summed E-state index contributed by atoms with van der Waals surface area (Å²) in [7, 11) is 0. The molecule has 1 amide bonds. The van der Waals surface area contributed by atoms with Crippen LogP contribution in [0.1, 0.15) is 35.7 Å². The van der Waals surface area contributed by atoms with Gasteiger partial charge in [-0.25, -0.2) is 0 Å². The molecule has 0 aliphatic carbocycles. The molecule has 0 bridgehead atoms. The summed E-state index contributed by atoms with van der Waals surface area (Å²) < 4.78 is 4.49. The molecular formula is C25H21N3O2. The molecule has 2 aliphatic heterocycles. The van der Waals surface area contributed by atoms with E-state index < -0.39 is 5.72 Å². The summed E-state index contributed by atoms with van der Waals surface area (Å²) in [6.45, 7) is 3.26. The van der Waals surface area contributed by atoms with Crippen molar-refractivity contribution in [2.45, 2.75) is 38.6 Å². The quantitative estimate of drug-likeness (QED) is 0.402. The van der Waals surface area contributed by atoms with Crippen molar-refractivity contribution in [1.82, 2.24) is 14.5 Å². The largest absolute Gasteiger partial charge is 0.371 e. The van der Waals surface area contributed by atoms with Crippen LogP contribution in [-0.2, 0) is 18.8 Å². The topological polar surface area (TPSA) is 59.2 Å². The van der Waals surface area contributed by atoms with Crippen molar-refractivity contribution < 1.29 is 9.90 Å². The van der Waals surface area contributed by atoms with Crippen LogP contribution in [0.15, 0.2) is 48.5 Å². The highest BCUT2D eigenvalue weighted by atomic mass is 16.3. The minimum atomic E-state index is -1.000. The normalized spacial score (nSPS) is 20.9. The van der Waals surface area contributed by atoms with Crippen molar-refractivity contribution in [1.29, 1.82) is 0 Å². The zero-order valence-electron chi connectivity index (χ0n) is 16.7. The second kappa shape index (κ2) is 5.24. The average molecular weight is 395 g/mol. The van der Waals surface area contributed by atoms with Gasteiger partial charge in [0.1, 0.15) is 5.72 Å². The molecule has 0 spiro atoms. The third kappa shape index (κ3) is 1.76. The fourth-order valence-electron chi connectivity index (χ4n) is 5.95. The first-order valence-electron chi connectivity index (χ1n) is 10.6. The number of rotatable bonds is 0. The lowest BCUT2D eigenvalue weighted by Crippen LogP contribution is -2.31. The SMILES string of the molecule is CC1(O)CCCn2c3ccccc3c3c4c(c5c6ccccc6n1c5c32)CNC4=O. The highest BCUT2D eigenvalue weighted by molar-refractivity contribution is 6.30. The third-order valence-corrected chi connectivity index (χ3v) is 7.09. The van der Waals surface area contributed by atoms with Crippen molar-refractivity contribution in [3.05, 3.63) is 59.7 Å². The Balaban J connectivity index is 1.92. The number of nitrogens with one attached hydrogen (secondary N) is 1. The Hall–Kier alpha value is -3.31. The van der Waals surface area contributed by atoms with Crippen LogP contribution in [-0.4, -0.2) is 20.1 Å². The molecule has 0 fully saturated rings. The van der Waals surface area contributed by atoms with Gasteiger partial charge >= 0.3 is 0 Å². The molecule has 148 valence electrons. The lowest BCUT2D eigenvalue weighted by molar-refractivity contribution is -0.0217. The molecule has 2 aromatic heterocycles. The van der Waals surface area contributed by atoms with Gasteiger partial charge in [-0.3, -0.25) is 4.79 Å². The zero-order chi connectivity index (χ0) is 20.2. The molecule has 0 saturated carbocycles. The predicted octanol–water partition coefficient (Wildman–Crippen LogP) is 4.60. The summed E-state index contributed by atoms with van der Waals surface area (Å²) in [5.74, 6) is 0.000420. The first kappa shape index (κ1) is 16.5.